The molecular formula is C14H18N2O5. The first-order chi connectivity index (χ1) is 9.75. The number of amides is 1. The third-order valence-electron chi connectivity index (χ3n) is 3.01. The van der Waals surface area contributed by atoms with Gasteiger partial charge in [-0.1, -0.05) is 6.92 Å². The molecule has 0 aliphatic heterocycles. The van der Waals surface area contributed by atoms with Gasteiger partial charge in [-0.3, -0.25) is 14.9 Å². The summed E-state index contributed by atoms with van der Waals surface area (Å²) in [5, 5.41) is 13.2. The average molecular weight is 294 g/mol. The van der Waals surface area contributed by atoms with Crippen LogP contribution in [0.15, 0.2) is 24.3 Å². The first-order valence-electron chi connectivity index (χ1n) is 6.48. The van der Waals surface area contributed by atoms with E-state index < -0.39 is 16.8 Å². The second-order valence-electron chi connectivity index (χ2n) is 5.17. The third-order valence-corrected chi connectivity index (χ3v) is 3.01. The molecule has 0 aliphatic carbocycles. The van der Waals surface area contributed by atoms with Gasteiger partial charge in [0.2, 0.25) is 0 Å². The van der Waals surface area contributed by atoms with Crippen molar-refractivity contribution in [3.05, 3.63) is 39.9 Å². The maximum absolute atomic E-state index is 11.7. The Morgan fingerprint density at radius 3 is 2.33 bits per heavy atom. The van der Waals surface area contributed by atoms with E-state index in [1.165, 1.54) is 24.3 Å². The summed E-state index contributed by atoms with van der Waals surface area (Å²) in [4.78, 5) is 33.2. The molecule has 1 amide bonds. The van der Waals surface area contributed by atoms with E-state index in [1.54, 1.807) is 0 Å². The highest BCUT2D eigenvalue weighted by Gasteiger charge is 2.19. The highest BCUT2D eigenvalue weighted by atomic mass is 16.6. The summed E-state index contributed by atoms with van der Waals surface area (Å²) in [7, 11) is 0. The second-order valence-corrected chi connectivity index (χ2v) is 5.17. The third kappa shape index (κ3) is 5.21. The first kappa shape index (κ1) is 16.6. The van der Waals surface area contributed by atoms with Gasteiger partial charge in [0.15, 0.2) is 6.61 Å². The Kier molecular flexibility index (Phi) is 5.40. The normalized spacial score (nSPS) is 10.8. The maximum Gasteiger partial charge on any atom is 0.338 e. The van der Waals surface area contributed by atoms with Crippen LogP contribution in [0.4, 0.5) is 5.69 Å². The summed E-state index contributed by atoms with van der Waals surface area (Å²) in [6.45, 7) is 5.27. The number of rotatable bonds is 6. The molecule has 1 aromatic rings. The van der Waals surface area contributed by atoms with Gasteiger partial charge >= 0.3 is 5.97 Å². The molecule has 0 saturated carbocycles. The summed E-state index contributed by atoms with van der Waals surface area (Å²) in [5.74, 6) is -1.09. The number of benzene rings is 1. The average Bonchev–Trinajstić information content (AvgIpc) is 2.44. The van der Waals surface area contributed by atoms with Crippen molar-refractivity contribution in [2.24, 2.45) is 0 Å². The van der Waals surface area contributed by atoms with E-state index in [0.29, 0.717) is 0 Å². The number of nitrogens with zero attached hydrogens (tertiary/aromatic N) is 1. The van der Waals surface area contributed by atoms with Crippen LogP contribution < -0.4 is 5.32 Å². The van der Waals surface area contributed by atoms with Crippen molar-refractivity contribution in [3.8, 4) is 0 Å². The predicted octanol–water partition coefficient (Wildman–Crippen LogP) is 2.06. The SMILES string of the molecule is CCC(C)(C)NC(=O)COC(=O)c1ccc([N+](=O)[O-])cc1. The van der Waals surface area contributed by atoms with Gasteiger partial charge in [-0.05, 0) is 32.4 Å². The zero-order valence-electron chi connectivity index (χ0n) is 12.2. The minimum Gasteiger partial charge on any atom is -0.452 e. The van der Waals surface area contributed by atoms with Crippen LogP contribution in [0.3, 0.4) is 0 Å². The molecular weight excluding hydrogens is 276 g/mol. The smallest absolute Gasteiger partial charge is 0.338 e. The van der Waals surface area contributed by atoms with Gasteiger partial charge in [0.1, 0.15) is 0 Å². The standard InChI is InChI=1S/C14H18N2O5/c1-4-14(2,3)15-12(17)9-21-13(18)10-5-7-11(8-6-10)16(19)20/h5-8H,4,9H2,1-3H3,(H,15,17). The van der Waals surface area contributed by atoms with Crippen LogP contribution >= 0.6 is 0 Å². The van der Waals surface area contributed by atoms with Crippen molar-refractivity contribution in [2.75, 3.05) is 6.61 Å². The molecule has 7 heteroatoms. The van der Waals surface area contributed by atoms with E-state index in [0.717, 1.165) is 6.42 Å². The zero-order chi connectivity index (χ0) is 16.0. The number of non-ortho nitro benzene ring substituents is 1. The molecule has 1 N–H and O–H groups in total. The fraction of sp³-hybridized carbons (Fsp3) is 0.429. The molecule has 21 heavy (non-hydrogen) atoms. The molecule has 0 aliphatic rings. The van der Waals surface area contributed by atoms with E-state index in [4.69, 9.17) is 4.74 Å². The van der Waals surface area contributed by atoms with Crippen LogP contribution in [0.25, 0.3) is 0 Å². The van der Waals surface area contributed by atoms with Crippen molar-refractivity contribution in [1.82, 2.24) is 5.32 Å². The molecule has 0 aromatic heterocycles. The Hall–Kier alpha value is -2.44. The number of hydrogen-bond donors (Lipinski definition) is 1. The van der Waals surface area contributed by atoms with Crippen LogP contribution in [-0.2, 0) is 9.53 Å². The Balaban J connectivity index is 2.54. The molecule has 0 unspecified atom stereocenters. The Morgan fingerprint density at radius 1 is 1.29 bits per heavy atom. The van der Waals surface area contributed by atoms with E-state index >= 15 is 0 Å². The molecule has 7 nitrogen and oxygen atoms in total. The number of carbonyl (C=O) groups excluding carboxylic acids is 2. The summed E-state index contributed by atoms with van der Waals surface area (Å²) in [6.07, 6.45) is 0.745. The van der Waals surface area contributed by atoms with E-state index in [2.05, 4.69) is 5.32 Å². The Morgan fingerprint density at radius 2 is 1.86 bits per heavy atom. The fourth-order valence-corrected chi connectivity index (χ4v) is 1.44. The van der Waals surface area contributed by atoms with Crippen LogP contribution in [-0.4, -0.2) is 28.9 Å². The molecule has 0 fully saturated rings. The molecule has 1 aromatic carbocycles. The molecule has 0 heterocycles. The van der Waals surface area contributed by atoms with Gasteiger partial charge in [-0.2, -0.15) is 0 Å². The van der Waals surface area contributed by atoms with Crippen molar-refractivity contribution < 1.29 is 19.2 Å². The van der Waals surface area contributed by atoms with Crippen molar-refractivity contribution >= 4 is 17.6 Å². The van der Waals surface area contributed by atoms with Gasteiger partial charge < -0.3 is 10.1 Å². The minimum atomic E-state index is -0.700. The predicted molar refractivity (Wildman–Crippen MR) is 75.9 cm³/mol. The number of ether oxygens (including phenoxy) is 1. The van der Waals surface area contributed by atoms with E-state index in [1.807, 2.05) is 20.8 Å². The highest BCUT2D eigenvalue weighted by molar-refractivity contribution is 5.91. The van der Waals surface area contributed by atoms with Crippen LogP contribution in [0.2, 0.25) is 0 Å². The fourth-order valence-electron chi connectivity index (χ4n) is 1.44. The van der Waals surface area contributed by atoms with Gasteiger partial charge in [-0.15, -0.1) is 0 Å². The second kappa shape index (κ2) is 6.83. The summed E-state index contributed by atoms with van der Waals surface area (Å²) in [5.41, 5.74) is -0.325. The monoisotopic (exact) mass is 294 g/mol. The number of nitro benzene ring substituents is 1. The lowest BCUT2D eigenvalue weighted by atomic mass is 10.0. The molecule has 114 valence electrons. The molecule has 1 rings (SSSR count). The number of nitro groups is 1. The first-order valence-corrected chi connectivity index (χ1v) is 6.48. The number of carbonyl (C=O) groups is 2. The quantitative estimate of drug-likeness (QED) is 0.492. The lowest BCUT2D eigenvalue weighted by Crippen LogP contribution is -2.44. The van der Waals surface area contributed by atoms with Gasteiger partial charge in [0.05, 0.1) is 10.5 Å². The van der Waals surface area contributed by atoms with Gasteiger partial charge in [0.25, 0.3) is 11.6 Å². The summed E-state index contributed by atoms with van der Waals surface area (Å²) < 4.78 is 4.86. The van der Waals surface area contributed by atoms with Gasteiger partial charge in [0, 0.05) is 17.7 Å². The van der Waals surface area contributed by atoms with E-state index in [-0.39, 0.29) is 23.4 Å². The summed E-state index contributed by atoms with van der Waals surface area (Å²) in [6, 6.07) is 4.98. The molecule has 0 saturated heterocycles. The lowest BCUT2D eigenvalue weighted by Gasteiger charge is -2.24. The van der Waals surface area contributed by atoms with Gasteiger partial charge in [-0.25, -0.2) is 4.79 Å². The number of hydrogen-bond acceptors (Lipinski definition) is 5. The van der Waals surface area contributed by atoms with Crippen LogP contribution in [0.1, 0.15) is 37.6 Å². The van der Waals surface area contributed by atoms with Crippen LogP contribution in [0, 0.1) is 10.1 Å². The Labute approximate surface area is 122 Å². The minimum absolute atomic E-state index is 0.117. The molecule has 0 spiro atoms. The van der Waals surface area contributed by atoms with Crippen molar-refractivity contribution in [1.29, 1.82) is 0 Å². The Bertz CT molecular complexity index is 537. The molecule has 0 bridgehead atoms. The largest absolute Gasteiger partial charge is 0.452 e. The molecule has 0 radical (unpaired) electrons. The molecule has 0 atom stereocenters. The van der Waals surface area contributed by atoms with Crippen LogP contribution in [0.5, 0.6) is 0 Å². The highest BCUT2D eigenvalue weighted by Crippen LogP contribution is 2.12. The summed E-state index contributed by atoms with van der Waals surface area (Å²) >= 11 is 0. The maximum atomic E-state index is 11.7. The number of nitrogens with one attached hydrogen (secondary N) is 1. The van der Waals surface area contributed by atoms with Crippen molar-refractivity contribution in [3.63, 3.8) is 0 Å². The number of esters is 1. The van der Waals surface area contributed by atoms with E-state index in [9.17, 15) is 19.7 Å². The topological polar surface area (TPSA) is 98.5 Å². The lowest BCUT2D eigenvalue weighted by molar-refractivity contribution is -0.384. The zero-order valence-corrected chi connectivity index (χ0v) is 12.2. The van der Waals surface area contributed by atoms with Crippen molar-refractivity contribution in [2.45, 2.75) is 32.7 Å².